The Bertz CT molecular complexity index is 801. The Morgan fingerprint density at radius 2 is 2.05 bits per heavy atom. The number of nitrogen functional groups attached to an aromatic ring is 1. The fourth-order valence-corrected chi connectivity index (χ4v) is 3.18. The molecule has 1 amide bonds. The number of carbonyl (C=O) groups excluding carboxylic acids is 1. The Hall–Kier alpha value is -2.11. The fourth-order valence-electron chi connectivity index (χ4n) is 2.06. The van der Waals surface area contributed by atoms with Gasteiger partial charge in [0.05, 0.1) is 16.1 Å². The van der Waals surface area contributed by atoms with E-state index in [2.05, 4.69) is 10.3 Å². The number of benzene rings is 2. The van der Waals surface area contributed by atoms with Gasteiger partial charge < -0.3 is 11.1 Å². The number of thiazole rings is 1. The van der Waals surface area contributed by atoms with Crippen molar-refractivity contribution in [1.29, 1.82) is 0 Å². The summed E-state index contributed by atoms with van der Waals surface area (Å²) in [4.78, 5) is 16.2. The Morgan fingerprint density at radius 1 is 1.29 bits per heavy atom. The third-order valence-corrected chi connectivity index (χ3v) is 4.08. The molecule has 0 saturated heterocycles. The number of halogens is 1. The summed E-state index contributed by atoms with van der Waals surface area (Å²) in [6, 6.07) is 13.1. The Labute approximate surface area is 130 Å². The van der Waals surface area contributed by atoms with Crippen LogP contribution in [0.2, 0.25) is 5.02 Å². The van der Waals surface area contributed by atoms with Crippen molar-refractivity contribution < 1.29 is 4.79 Å². The third kappa shape index (κ3) is 3.15. The van der Waals surface area contributed by atoms with Gasteiger partial charge in [-0.15, -0.1) is 0 Å². The summed E-state index contributed by atoms with van der Waals surface area (Å²) in [5.41, 5.74) is 7.95. The van der Waals surface area contributed by atoms with Gasteiger partial charge in [0.15, 0.2) is 5.13 Å². The molecule has 0 aliphatic heterocycles. The number of carbonyl (C=O) groups is 1. The van der Waals surface area contributed by atoms with Crippen LogP contribution >= 0.6 is 22.9 Å². The van der Waals surface area contributed by atoms with Crippen LogP contribution < -0.4 is 11.1 Å². The first-order valence-corrected chi connectivity index (χ1v) is 7.50. The minimum atomic E-state index is -0.0888. The van der Waals surface area contributed by atoms with Gasteiger partial charge in [-0.2, -0.15) is 0 Å². The molecule has 2 aromatic carbocycles. The van der Waals surface area contributed by atoms with Gasteiger partial charge in [0.2, 0.25) is 5.91 Å². The van der Waals surface area contributed by atoms with Crippen molar-refractivity contribution in [2.24, 2.45) is 0 Å². The number of rotatable bonds is 3. The van der Waals surface area contributed by atoms with Crippen LogP contribution in [0.1, 0.15) is 5.56 Å². The fraction of sp³-hybridized carbons (Fsp3) is 0.0667. The average molecular weight is 318 g/mol. The summed E-state index contributed by atoms with van der Waals surface area (Å²) in [6.07, 6.45) is 0.321. The van der Waals surface area contributed by atoms with Crippen molar-refractivity contribution in [3.05, 3.63) is 53.1 Å². The predicted octanol–water partition coefficient (Wildman–Crippen LogP) is 3.71. The summed E-state index contributed by atoms with van der Waals surface area (Å²) in [5.74, 6) is -0.0888. The summed E-state index contributed by atoms with van der Waals surface area (Å²) >= 11 is 7.50. The first kappa shape index (κ1) is 13.9. The SMILES string of the molecule is Nc1nc2c(Cl)cc(NC(=O)Cc3ccccc3)cc2s1. The van der Waals surface area contributed by atoms with Gasteiger partial charge in [-0.05, 0) is 17.7 Å². The summed E-state index contributed by atoms with van der Waals surface area (Å²) < 4.78 is 0.856. The predicted molar refractivity (Wildman–Crippen MR) is 87.8 cm³/mol. The van der Waals surface area contributed by atoms with Crippen molar-refractivity contribution >= 4 is 49.9 Å². The van der Waals surface area contributed by atoms with Crippen LogP contribution in [-0.2, 0) is 11.2 Å². The van der Waals surface area contributed by atoms with Crippen LogP contribution in [-0.4, -0.2) is 10.9 Å². The molecule has 3 N–H and O–H groups in total. The van der Waals surface area contributed by atoms with Crippen LogP contribution in [0.3, 0.4) is 0 Å². The second kappa shape index (κ2) is 5.71. The third-order valence-electron chi connectivity index (χ3n) is 2.96. The van der Waals surface area contributed by atoms with Gasteiger partial charge in [0, 0.05) is 5.69 Å². The Morgan fingerprint density at radius 3 is 2.81 bits per heavy atom. The minimum Gasteiger partial charge on any atom is -0.375 e. The molecule has 4 nitrogen and oxygen atoms in total. The molecule has 21 heavy (non-hydrogen) atoms. The standard InChI is InChI=1S/C15H12ClN3OS/c16-11-7-10(8-12-14(11)19-15(17)21-12)18-13(20)6-9-4-2-1-3-5-9/h1-5,7-8H,6H2,(H2,17,19)(H,18,20). The van der Waals surface area contributed by atoms with E-state index in [0.717, 1.165) is 10.3 Å². The molecule has 0 aliphatic rings. The van der Waals surface area contributed by atoms with Gasteiger partial charge in [-0.25, -0.2) is 4.98 Å². The highest BCUT2D eigenvalue weighted by atomic mass is 35.5. The molecule has 106 valence electrons. The smallest absolute Gasteiger partial charge is 0.228 e. The van der Waals surface area contributed by atoms with Gasteiger partial charge in [0.25, 0.3) is 0 Å². The number of anilines is 2. The highest BCUT2D eigenvalue weighted by molar-refractivity contribution is 7.22. The normalized spacial score (nSPS) is 10.7. The van der Waals surface area contributed by atoms with E-state index in [1.54, 1.807) is 6.07 Å². The number of nitrogens with two attached hydrogens (primary N) is 1. The molecular formula is C15H12ClN3OS. The maximum absolute atomic E-state index is 12.0. The molecule has 0 bridgehead atoms. The number of hydrogen-bond acceptors (Lipinski definition) is 4. The Kier molecular flexibility index (Phi) is 3.77. The zero-order valence-electron chi connectivity index (χ0n) is 11.0. The van der Waals surface area contributed by atoms with Crippen molar-refractivity contribution in [2.75, 3.05) is 11.1 Å². The summed E-state index contributed by atoms with van der Waals surface area (Å²) in [5, 5.41) is 3.79. The molecule has 0 aliphatic carbocycles. The number of nitrogens with one attached hydrogen (secondary N) is 1. The minimum absolute atomic E-state index is 0.0888. The largest absolute Gasteiger partial charge is 0.375 e. The molecule has 0 spiro atoms. The number of nitrogens with zero attached hydrogens (tertiary/aromatic N) is 1. The highest BCUT2D eigenvalue weighted by Gasteiger charge is 2.10. The van der Waals surface area contributed by atoms with E-state index in [1.807, 2.05) is 36.4 Å². The zero-order chi connectivity index (χ0) is 14.8. The molecule has 3 aromatic rings. The number of aromatic nitrogens is 1. The lowest BCUT2D eigenvalue weighted by Crippen LogP contribution is -2.14. The lowest BCUT2D eigenvalue weighted by atomic mass is 10.1. The van der Waals surface area contributed by atoms with Crippen LogP contribution in [0.15, 0.2) is 42.5 Å². The van der Waals surface area contributed by atoms with Gasteiger partial charge in [-0.1, -0.05) is 53.3 Å². The second-order valence-corrected chi connectivity index (χ2v) is 6.04. The summed E-state index contributed by atoms with van der Waals surface area (Å²) in [7, 11) is 0. The molecule has 6 heteroatoms. The number of hydrogen-bond donors (Lipinski definition) is 2. The Balaban J connectivity index is 1.80. The van der Waals surface area contributed by atoms with Crippen LogP contribution in [0.5, 0.6) is 0 Å². The van der Waals surface area contributed by atoms with Gasteiger partial charge in [-0.3, -0.25) is 4.79 Å². The van der Waals surface area contributed by atoms with E-state index in [-0.39, 0.29) is 5.91 Å². The van der Waals surface area contributed by atoms with E-state index in [4.69, 9.17) is 17.3 Å². The number of fused-ring (bicyclic) bond motifs is 1. The van der Waals surface area contributed by atoms with Crippen molar-refractivity contribution in [3.8, 4) is 0 Å². The molecule has 0 fully saturated rings. The molecule has 1 heterocycles. The molecule has 0 radical (unpaired) electrons. The monoisotopic (exact) mass is 317 g/mol. The first-order valence-electron chi connectivity index (χ1n) is 6.31. The van der Waals surface area contributed by atoms with E-state index in [9.17, 15) is 4.79 Å². The topological polar surface area (TPSA) is 68.0 Å². The van der Waals surface area contributed by atoms with Crippen molar-refractivity contribution in [2.45, 2.75) is 6.42 Å². The van der Waals surface area contributed by atoms with Crippen LogP contribution in [0.4, 0.5) is 10.8 Å². The van der Waals surface area contributed by atoms with Crippen molar-refractivity contribution in [1.82, 2.24) is 4.98 Å². The van der Waals surface area contributed by atoms with Crippen LogP contribution in [0.25, 0.3) is 10.2 Å². The summed E-state index contributed by atoms with van der Waals surface area (Å²) in [6.45, 7) is 0. The van der Waals surface area contributed by atoms with E-state index < -0.39 is 0 Å². The lowest BCUT2D eigenvalue weighted by molar-refractivity contribution is -0.115. The first-order chi connectivity index (χ1) is 10.1. The maximum Gasteiger partial charge on any atom is 0.228 e. The maximum atomic E-state index is 12.0. The molecule has 1 aromatic heterocycles. The van der Waals surface area contributed by atoms with Crippen LogP contribution in [0, 0.1) is 0 Å². The quantitative estimate of drug-likeness (QED) is 0.773. The lowest BCUT2D eigenvalue weighted by Gasteiger charge is -2.06. The van der Waals surface area contributed by atoms with E-state index >= 15 is 0 Å². The molecular weight excluding hydrogens is 306 g/mol. The molecule has 0 unspecified atom stereocenters. The van der Waals surface area contributed by atoms with E-state index in [0.29, 0.717) is 27.8 Å². The second-order valence-electron chi connectivity index (χ2n) is 4.57. The number of amides is 1. The zero-order valence-corrected chi connectivity index (χ0v) is 12.5. The average Bonchev–Trinajstić information content (AvgIpc) is 2.81. The van der Waals surface area contributed by atoms with Gasteiger partial charge in [0.1, 0.15) is 5.52 Å². The molecule has 0 atom stereocenters. The molecule has 3 rings (SSSR count). The van der Waals surface area contributed by atoms with E-state index in [1.165, 1.54) is 11.3 Å². The highest BCUT2D eigenvalue weighted by Crippen LogP contribution is 2.32. The molecule has 0 saturated carbocycles. The van der Waals surface area contributed by atoms with Gasteiger partial charge >= 0.3 is 0 Å². The van der Waals surface area contributed by atoms with Crippen molar-refractivity contribution in [3.63, 3.8) is 0 Å².